The van der Waals surface area contributed by atoms with Crippen molar-refractivity contribution in [1.29, 1.82) is 0 Å². The third-order valence-corrected chi connectivity index (χ3v) is 6.87. The van der Waals surface area contributed by atoms with Crippen molar-refractivity contribution in [3.8, 4) is 0 Å². The summed E-state index contributed by atoms with van der Waals surface area (Å²) in [6, 6.07) is 0. The molecule has 0 aliphatic heterocycles. The SMILES string of the molecule is CCN(CC)P(=O)(OC(C)CC(OC)OC)N(CCCl)CCCl. The first-order valence-corrected chi connectivity index (χ1v) is 10.5. The van der Waals surface area contributed by atoms with Crippen LogP contribution in [0.3, 0.4) is 0 Å². The molecule has 0 radical (unpaired) electrons. The lowest BCUT2D eigenvalue weighted by molar-refractivity contribution is -0.119. The highest BCUT2D eigenvalue weighted by Crippen LogP contribution is 2.55. The summed E-state index contributed by atoms with van der Waals surface area (Å²) in [5.41, 5.74) is 0. The van der Waals surface area contributed by atoms with Crippen LogP contribution in [0.2, 0.25) is 0 Å². The molecule has 0 aromatic rings. The van der Waals surface area contributed by atoms with Gasteiger partial charge in [-0.3, -0.25) is 4.57 Å². The molecule has 6 nitrogen and oxygen atoms in total. The average Bonchev–Trinajstić information content (AvgIpc) is 2.53. The van der Waals surface area contributed by atoms with Gasteiger partial charge in [-0.15, -0.1) is 23.2 Å². The molecule has 0 aromatic heterocycles. The maximum atomic E-state index is 13.7. The minimum Gasteiger partial charge on any atom is -0.356 e. The van der Waals surface area contributed by atoms with Gasteiger partial charge in [0.1, 0.15) is 0 Å². The molecule has 140 valence electrons. The van der Waals surface area contributed by atoms with E-state index in [4.69, 9.17) is 37.2 Å². The Labute approximate surface area is 150 Å². The molecule has 0 amide bonds. The van der Waals surface area contributed by atoms with Crippen LogP contribution in [0.25, 0.3) is 0 Å². The second-order valence-corrected chi connectivity index (χ2v) is 8.09. The Morgan fingerprint density at radius 2 is 1.48 bits per heavy atom. The van der Waals surface area contributed by atoms with Gasteiger partial charge in [-0.2, -0.15) is 0 Å². The molecule has 0 bridgehead atoms. The van der Waals surface area contributed by atoms with Crippen molar-refractivity contribution in [3.63, 3.8) is 0 Å². The Balaban J connectivity index is 5.29. The number of hydrogen-bond acceptors (Lipinski definition) is 4. The van der Waals surface area contributed by atoms with E-state index < -0.39 is 14.0 Å². The van der Waals surface area contributed by atoms with Gasteiger partial charge in [0.15, 0.2) is 6.29 Å². The van der Waals surface area contributed by atoms with E-state index in [9.17, 15) is 4.57 Å². The van der Waals surface area contributed by atoms with E-state index in [-0.39, 0.29) is 6.10 Å². The Morgan fingerprint density at radius 3 is 1.83 bits per heavy atom. The largest absolute Gasteiger partial charge is 0.356 e. The Hall–Kier alpha value is 0.610. The fourth-order valence-corrected chi connectivity index (χ4v) is 5.53. The second kappa shape index (κ2) is 12.9. The average molecular weight is 393 g/mol. The van der Waals surface area contributed by atoms with Crippen LogP contribution in [0.15, 0.2) is 0 Å². The minimum absolute atomic E-state index is 0.306. The molecule has 0 N–H and O–H groups in total. The molecule has 0 spiro atoms. The minimum atomic E-state index is -3.22. The lowest BCUT2D eigenvalue weighted by atomic mass is 10.3. The second-order valence-electron chi connectivity index (χ2n) is 5.01. The summed E-state index contributed by atoms with van der Waals surface area (Å²) in [7, 11) is -0.0841. The summed E-state index contributed by atoms with van der Waals surface area (Å²) in [6.45, 7) is 7.90. The number of rotatable bonds is 14. The highest BCUT2D eigenvalue weighted by molar-refractivity contribution is 7.54. The molecule has 0 aliphatic carbocycles. The van der Waals surface area contributed by atoms with Gasteiger partial charge in [0.2, 0.25) is 0 Å². The summed E-state index contributed by atoms with van der Waals surface area (Å²) in [5.74, 6) is 0.720. The first-order valence-electron chi connectivity index (χ1n) is 7.90. The molecule has 0 rings (SSSR count). The molecule has 0 aliphatic rings. The topological polar surface area (TPSA) is 51.2 Å². The molecule has 2 unspecified atom stereocenters. The van der Waals surface area contributed by atoms with Crippen LogP contribution < -0.4 is 0 Å². The van der Waals surface area contributed by atoms with Crippen LogP contribution >= 0.6 is 30.9 Å². The summed E-state index contributed by atoms with van der Waals surface area (Å²) in [6.07, 6.45) is -0.224. The van der Waals surface area contributed by atoms with Crippen molar-refractivity contribution in [2.75, 3.05) is 52.2 Å². The van der Waals surface area contributed by atoms with Crippen LogP contribution in [0.4, 0.5) is 0 Å². The van der Waals surface area contributed by atoms with Crippen LogP contribution in [-0.4, -0.2) is 73.9 Å². The molecule has 0 fully saturated rings. The fourth-order valence-electron chi connectivity index (χ4n) is 2.29. The van der Waals surface area contributed by atoms with E-state index in [1.807, 2.05) is 25.4 Å². The van der Waals surface area contributed by atoms with Crippen LogP contribution in [0.5, 0.6) is 0 Å². The lowest BCUT2D eigenvalue weighted by Gasteiger charge is -2.38. The van der Waals surface area contributed by atoms with Gasteiger partial charge in [-0.1, -0.05) is 13.8 Å². The molecular weight excluding hydrogens is 362 g/mol. The predicted molar refractivity (Wildman–Crippen MR) is 96.5 cm³/mol. The van der Waals surface area contributed by atoms with Gasteiger partial charge in [0, 0.05) is 58.6 Å². The first-order chi connectivity index (χ1) is 10.9. The molecule has 0 aromatic carbocycles. The number of alkyl halides is 2. The first kappa shape index (κ1) is 23.6. The Bertz CT molecular complexity index is 339. The van der Waals surface area contributed by atoms with Crippen LogP contribution in [0.1, 0.15) is 27.2 Å². The monoisotopic (exact) mass is 392 g/mol. The van der Waals surface area contributed by atoms with E-state index in [0.717, 1.165) is 0 Å². The van der Waals surface area contributed by atoms with Gasteiger partial charge in [-0.25, -0.2) is 9.34 Å². The molecule has 2 atom stereocenters. The predicted octanol–water partition coefficient (Wildman–Crippen LogP) is 3.63. The van der Waals surface area contributed by atoms with Crippen LogP contribution in [0, 0.1) is 0 Å². The fraction of sp³-hybridized carbons (Fsp3) is 1.00. The zero-order valence-corrected chi connectivity index (χ0v) is 17.2. The third kappa shape index (κ3) is 7.57. The maximum absolute atomic E-state index is 13.7. The highest BCUT2D eigenvalue weighted by atomic mass is 35.5. The van der Waals surface area contributed by atoms with Crippen molar-refractivity contribution in [1.82, 2.24) is 9.34 Å². The van der Waals surface area contributed by atoms with E-state index in [0.29, 0.717) is 44.4 Å². The van der Waals surface area contributed by atoms with Crippen molar-refractivity contribution >= 4 is 30.9 Å². The highest BCUT2D eigenvalue weighted by Gasteiger charge is 2.38. The van der Waals surface area contributed by atoms with E-state index in [1.54, 1.807) is 18.9 Å². The molecule has 9 heteroatoms. The number of methoxy groups -OCH3 is 2. The quantitative estimate of drug-likeness (QED) is 0.255. The van der Waals surface area contributed by atoms with Gasteiger partial charge in [0.05, 0.1) is 6.10 Å². The summed E-state index contributed by atoms with van der Waals surface area (Å²) >= 11 is 11.7. The van der Waals surface area contributed by atoms with E-state index in [1.165, 1.54) is 0 Å². The molecule has 0 heterocycles. The smallest absolute Gasteiger partial charge is 0.346 e. The third-order valence-electron chi connectivity index (χ3n) is 3.50. The zero-order valence-electron chi connectivity index (χ0n) is 14.8. The number of halogens is 2. The number of nitrogens with zero attached hydrogens (tertiary/aromatic N) is 2. The molecule has 0 saturated heterocycles. The Morgan fingerprint density at radius 1 is 1.00 bits per heavy atom. The summed E-state index contributed by atoms with van der Waals surface area (Å²) in [5, 5.41) is 0. The number of ether oxygens (including phenoxy) is 2. The zero-order chi connectivity index (χ0) is 17.9. The van der Waals surface area contributed by atoms with Gasteiger partial charge in [-0.05, 0) is 6.92 Å². The molecular formula is C14H31Cl2N2O4P. The lowest BCUT2D eigenvalue weighted by Crippen LogP contribution is -2.37. The summed E-state index contributed by atoms with van der Waals surface area (Å²) in [4.78, 5) is 0. The summed E-state index contributed by atoms with van der Waals surface area (Å²) < 4.78 is 33.6. The standard InChI is InChI=1S/C14H31Cl2N2O4P/c1-6-17(7-2)23(19,18(10-8-15)11-9-16)22-13(3)12-14(20-4)21-5/h13-14H,6-12H2,1-5H3. The normalized spacial score (nSPS) is 16.3. The molecule has 23 heavy (non-hydrogen) atoms. The van der Waals surface area contributed by atoms with Gasteiger partial charge in [0.25, 0.3) is 0 Å². The van der Waals surface area contributed by atoms with Gasteiger partial charge < -0.3 is 14.0 Å². The van der Waals surface area contributed by atoms with Crippen molar-refractivity contribution in [2.24, 2.45) is 0 Å². The number of hydrogen-bond donors (Lipinski definition) is 0. The van der Waals surface area contributed by atoms with Crippen molar-refractivity contribution in [2.45, 2.75) is 39.6 Å². The molecule has 0 saturated carbocycles. The Kier molecular flexibility index (Phi) is 13.2. The van der Waals surface area contributed by atoms with Crippen molar-refractivity contribution < 1.29 is 18.6 Å². The van der Waals surface area contributed by atoms with E-state index in [2.05, 4.69) is 0 Å². The van der Waals surface area contributed by atoms with Crippen molar-refractivity contribution in [3.05, 3.63) is 0 Å². The van der Waals surface area contributed by atoms with Crippen LogP contribution in [-0.2, 0) is 18.6 Å². The van der Waals surface area contributed by atoms with Gasteiger partial charge >= 0.3 is 7.67 Å². The van der Waals surface area contributed by atoms with E-state index >= 15 is 0 Å². The maximum Gasteiger partial charge on any atom is 0.346 e.